The molecular weight excluding hydrogens is 400 g/mol. The topological polar surface area (TPSA) is 49.9 Å². The number of nitrogens with zero attached hydrogens (tertiary/aromatic N) is 2. The van der Waals surface area contributed by atoms with E-state index in [-0.39, 0.29) is 11.8 Å². The summed E-state index contributed by atoms with van der Waals surface area (Å²) in [6, 6.07) is 25.5. The number of hydrogen-bond donors (Lipinski definition) is 0. The predicted octanol–water partition coefficient (Wildman–Crippen LogP) is 4.78. The molecule has 2 fully saturated rings. The van der Waals surface area contributed by atoms with E-state index in [9.17, 15) is 9.59 Å². The van der Waals surface area contributed by atoms with Crippen molar-refractivity contribution in [3.05, 3.63) is 95.5 Å². The third-order valence-electron chi connectivity index (χ3n) is 5.89. The van der Waals surface area contributed by atoms with Gasteiger partial charge >= 0.3 is 0 Å². The first-order chi connectivity index (χ1) is 14.5. The zero-order valence-electron chi connectivity index (χ0n) is 16.2. The van der Waals surface area contributed by atoms with E-state index >= 15 is 0 Å². The molecule has 3 unspecified atom stereocenters. The van der Waals surface area contributed by atoms with Gasteiger partial charge in [0.1, 0.15) is 5.41 Å². The summed E-state index contributed by atoms with van der Waals surface area (Å²) in [5.41, 5.74) is 1.10. The lowest BCUT2D eigenvalue weighted by molar-refractivity contribution is -0.128. The van der Waals surface area contributed by atoms with Crippen molar-refractivity contribution in [2.75, 3.05) is 9.96 Å². The second-order valence-electron chi connectivity index (χ2n) is 7.70. The molecule has 3 atom stereocenters. The molecule has 0 bridgehead atoms. The number of carbonyl (C=O) groups is 2. The number of amides is 2. The molecule has 5 nitrogen and oxygen atoms in total. The van der Waals surface area contributed by atoms with Crippen molar-refractivity contribution in [3.63, 3.8) is 0 Å². The molecular formula is C24H19ClN2O3. The number of hydrogen-bond acceptors (Lipinski definition) is 4. The van der Waals surface area contributed by atoms with Crippen molar-refractivity contribution in [2.24, 2.45) is 5.41 Å². The summed E-state index contributed by atoms with van der Waals surface area (Å²) in [6.45, 7) is 1.81. The first-order valence-electron chi connectivity index (χ1n) is 9.72. The zero-order valence-corrected chi connectivity index (χ0v) is 17.0. The Labute approximate surface area is 179 Å². The highest BCUT2D eigenvalue weighted by atomic mass is 35.5. The van der Waals surface area contributed by atoms with Crippen LogP contribution in [0.25, 0.3) is 0 Å². The number of anilines is 2. The molecule has 0 N–H and O–H groups in total. The Bertz CT molecular complexity index is 1100. The number of halogens is 1. The van der Waals surface area contributed by atoms with Crippen LogP contribution in [0.1, 0.15) is 18.5 Å². The van der Waals surface area contributed by atoms with E-state index in [1.807, 2.05) is 67.6 Å². The third-order valence-corrected chi connectivity index (χ3v) is 6.14. The van der Waals surface area contributed by atoms with Crippen molar-refractivity contribution in [1.82, 2.24) is 0 Å². The van der Waals surface area contributed by atoms with Gasteiger partial charge in [0, 0.05) is 5.02 Å². The lowest BCUT2D eigenvalue weighted by atomic mass is 9.76. The number of fused-ring (bicyclic) bond motifs is 1. The van der Waals surface area contributed by atoms with Gasteiger partial charge in [-0.1, -0.05) is 60.1 Å². The Morgan fingerprint density at radius 3 is 2.07 bits per heavy atom. The van der Waals surface area contributed by atoms with Gasteiger partial charge in [-0.3, -0.25) is 14.4 Å². The predicted molar refractivity (Wildman–Crippen MR) is 115 cm³/mol. The monoisotopic (exact) mass is 418 g/mol. The lowest BCUT2D eigenvalue weighted by Gasteiger charge is -2.32. The number of para-hydroxylation sites is 1. The molecule has 3 aromatic carbocycles. The highest BCUT2D eigenvalue weighted by Gasteiger charge is 2.68. The van der Waals surface area contributed by atoms with E-state index in [0.29, 0.717) is 10.7 Å². The number of benzene rings is 3. The zero-order chi connectivity index (χ0) is 20.9. The minimum Gasteiger partial charge on any atom is -0.273 e. The van der Waals surface area contributed by atoms with Crippen LogP contribution in [0.5, 0.6) is 0 Å². The van der Waals surface area contributed by atoms with Crippen molar-refractivity contribution >= 4 is 34.8 Å². The summed E-state index contributed by atoms with van der Waals surface area (Å²) in [5.74, 6) is -0.656. The van der Waals surface area contributed by atoms with Crippen LogP contribution in [0.2, 0.25) is 5.02 Å². The second-order valence-corrected chi connectivity index (χ2v) is 8.13. The standard InChI is InChI=1S/C24H19ClN2O3/c1-24-20(16-8-4-2-5-9-16)27(19-10-6-3-7-11-19)30-21(24)22(28)26(23(24)29)18-14-12-17(25)13-15-18/h2-15,20-21H,1H3. The Hall–Kier alpha value is -3.15. The SMILES string of the molecule is CC12C(=O)N(c3ccc(Cl)cc3)C(=O)C1ON(c1ccccc1)C2c1ccccc1. The Kier molecular flexibility index (Phi) is 4.38. The van der Waals surface area contributed by atoms with Crippen LogP contribution in [-0.4, -0.2) is 17.9 Å². The van der Waals surface area contributed by atoms with Crippen LogP contribution in [0.4, 0.5) is 11.4 Å². The van der Waals surface area contributed by atoms with Gasteiger partial charge in [-0.15, -0.1) is 0 Å². The molecule has 2 heterocycles. The molecule has 2 amide bonds. The van der Waals surface area contributed by atoms with Gasteiger partial charge in [-0.25, -0.2) is 9.96 Å². The molecule has 2 aliphatic heterocycles. The first kappa shape index (κ1) is 18.9. The molecule has 0 radical (unpaired) electrons. The molecule has 0 aliphatic carbocycles. The fraction of sp³-hybridized carbons (Fsp3) is 0.167. The largest absolute Gasteiger partial charge is 0.273 e. The normalized spacial score (nSPS) is 25.7. The number of hydroxylamine groups is 1. The second kappa shape index (κ2) is 6.97. The van der Waals surface area contributed by atoms with Gasteiger partial charge in [-0.2, -0.15) is 0 Å². The maximum Gasteiger partial charge on any atom is 0.266 e. The molecule has 0 aromatic heterocycles. The maximum atomic E-state index is 13.7. The molecule has 2 aliphatic rings. The van der Waals surface area contributed by atoms with Crippen LogP contribution in [0, 0.1) is 5.41 Å². The number of imide groups is 1. The summed E-state index contributed by atoms with van der Waals surface area (Å²) >= 11 is 5.98. The minimum atomic E-state index is -1.09. The van der Waals surface area contributed by atoms with Crippen LogP contribution < -0.4 is 9.96 Å². The Morgan fingerprint density at radius 2 is 1.43 bits per heavy atom. The van der Waals surface area contributed by atoms with Crippen molar-refractivity contribution < 1.29 is 14.4 Å². The molecule has 3 aromatic rings. The molecule has 0 spiro atoms. The molecule has 150 valence electrons. The van der Waals surface area contributed by atoms with E-state index in [4.69, 9.17) is 16.4 Å². The highest BCUT2D eigenvalue weighted by Crippen LogP contribution is 2.55. The molecule has 0 saturated carbocycles. The third kappa shape index (κ3) is 2.66. The van der Waals surface area contributed by atoms with E-state index in [2.05, 4.69) is 0 Å². The molecule has 6 heteroatoms. The van der Waals surface area contributed by atoms with Gasteiger partial charge in [-0.05, 0) is 48.9 Å². The van der Waals surface area contributed by atoms with E-state index < -0.39 is 17.6 Å². The average molecular weight is 419 g/mol. The Morgan fingerprint density at radius 1 is 0.833 bits per heavy atom. The molecule has 5 rings (SSSR count). The van der Waals surface area contributed by atoms with Gasteiger partial charge in [0.2, 0.25) is 5.91 Å². The van der Waals surface area contributed by atoms with Crippen LogP contribution >= 0.6 is 11.6 Å². The molecule has 2 saturated heterocycles. The number of carbonyl (C=O) groups excluding carboxylic acids is 2. The summed E-state index contributed by atoms with van der Waals surface area (Å²) in [7, 11) is 0. The van der Waals surface area contributed by atoms with E-state index in [1.54, 1.807) is 29.3 Å². The van der Waals surface area contributed by atoms with Crippen molar-refractivity contribution in [3.8, 4) is 0 Å². The summed E-state index contributed by atoms with van der Waals surface area (Å²) < 4.78 is 0. The lowest BCUT2D eigenvalue weighted by Crippen LogP contribution is -2.41. The van der Waals surface area contributed by atoms with E-state index in [0.717, 1.165) is 11.3 Å². The summed E-state index contributed by atoms with van der Waals surface area (Å²) in [5, 5.41) is 2.24. The summed E-state index contributed by atoms with van der Waals surface area (Å²) in [6.07, 6.45) is -0.925. The fourth-order valence-electron chi connectivity index (χ4n) is 4.40. The van der Waals surface area contributed by atoms with Crippen molar-refractivity contribution in [2.45, 2.75) is 19.1 Å². The molecule has 30 heavy (non-hydrogen) atoms. The fourth-order valence-corrected chi connectivity index (χ4v) is 4.52. The smallest absolute Gasteiger partial charge is 0.266 e. The summed E-state index contributed by atoms with van der Waals surface area (Å²) in [4.78, 5) is 34.5. The quantitative estimate of drug-likeness (QED) is 0.574. The van der Waals surface area contributed by atoms with Gasteiger partial charge in [0.05, 0.1) is 17.4 Å². The van der Waals surface area contributed by atoms with Crippen LogP contribution in [0.3, 0.4) is 0 Å². The average Bonchev–Trinajstić information content (AvgIpc) is 3.19. The van der Waals surface area contributed by atoms with Gasteiger partial charge in [0.25, 0.3) is 5.91 Å². The van der Waals surface area contributed by atoms with Crippen LogP contribution in [0.15, 0.2) is 84.9 Å². The van der Waals surface area contributed by atoms with Gasteiger partial charge in [0.15, 0.2) is 6.10 Å². The number of rotatable bonds is 3. The van der Waals surface area contributed by atoms with E-state index in [1.165, 1.54) is 4.90 Å². The highest BCUT2D eigenvalue weighted by molar-refractivity contribution is 6.31. The Balaban J connectivity index is 1.63. The maximum absolute atomic E-state index is 13.7. The van der Waals surface area contributed by atoms with Crippen LogP contribution in [-0.2, 0) is 14.4 Å². The van der Waals surface area contributed by atoms with Crippen molar-refractivity contribution in [1.29, 1.82) is 0 Å². The van der Waals surface area contributed by atoms with Gasteiger partial charge < -0.3 is 0 Å². The first-order valence-corrected chi connectivity index (χ1v) is 10.1. The minimum absolute atomic E-state index is 0.285.